The van der Waals surface area contributed by atoms with Gasteiger partial charge in [-0.2, -0.15) is 11.8 Å². The maximum Gasteiger partial charge on any atom is 0.251 e. The van der Waals surface area contributed by atoms with E-state index in [4.69, 9.17) is 9.47 Å². The van der Waals surface area contributed by atoms with Crippen LogP contribution >= 0.6 is 11.8 Å². The molecular formula is C21H24FNO3S. The topological polar surface area (TPSA) is 47.6 Å². The molecule has 0 aliphatic rings. The molecule has 0 fully saturated rings. The van der Waals surface area contributed by atoms with Crippen LogP contribution in [0.25, 0.3) is 0 Å². The monoisotopic (exact) mass is 389 g/mol. The van der Waals surface area contributed by atoms with Gasteiger partial charge in [-0.3, -0.25) is 4.79 Å². The molecule has 1 N–H and O–H groups in total. The van der Waals surface area contributed by atoms with Crippen LogP contribution in [0.5, 0.6) is 11.5 Å². The molecular weight excluding hydrogens is 365 g/mol. The number of rotatable bonds is 10. The predicted molar refractivity (Wildman–Crippen MR) is 108 cm³/mol. The number of ether oxygens (including phenoxy) is 2. The summed E-state index contributed by atoms with van der Waals surface area (Å²) in [5, 5.41) is 2.88. The van der Waals surface area contributed by atoms with Crippen molar-refractivity contribution in [2.45, 2.75) is 12.2 Å². The van der Waals surface area contributed by atoms with Crippen molar-refractivity contribution >= 4 is 17.7 Å². The molecule has 0 unspecified atom stereocenters. The average molecular weight is 389 g/mol. The minimum absolute atomic E-state index is 0.187. The molecule has 0 saturated carbocycles. The minimum atomic E-state index is -0.200. The Balaban J connectivity index is 1.92. The fraction of sp³-hybridized carbons (Fsp3) is 0.286. The fourth-order valence-corrected chi connectivity index (χ4v) is 3.46. The Morgan fingerprint density at radius 3 is 2.67 bits per heavy atom. The van der Waals surface area contributed by atoms with Crippen molar-refractivity contribution < 1.29 is 18.7 Å². The Morgan fingerprint density at radius 2 is 2.00 bits per heavy atom. The molecule has 0 bridgehead atoms. The van der Waals surface area contributed by atoms with Gasteiger partial charge in [-0.05, 0) is 30.2 Å². The number of carbonyl (C=O) groups is 1. The molecule has 0 saturated heterocycles. The molecule has 144 valence electrons. The number of allylic oxidation sites excluding steroid dienone is 1. The van der Waals surface area contributed by atoms with E-state index in [2.05, 4.69) is 11.9 Å². The number of benzene rings is 2. The first-order valence-corrected chi connectivity index (χ1v) is 9.71. The van der Waals surface area contributed by atoms with Gasteiger partial charge in [0.25, 0.3) is 5.91 Å². The van der Waals surface area contributed by atoms with Crippen LogP contribution in [0.4, 0.5) is 4.39 Å². The number of hydrogen-bond acceptors (Lipinski definition) is 4. The van der Waals surface area contributed by atoms with Gasteiger partial charge in [0.05, 0.1) is 14.2 Å². The molecule has 1 amide bonds. The molecule has 0 spiro atoms. The molecule has 27 heavy (non-hydrogen) atoms. The Bertz CT molecular complexity index is 795. The van der Waals surface area contributed by atoms with Crippen LogP contribution in [0.3, 0.4) is 0 Å². The number of halogens is 1. The third-order valence-electron chi connectivity index (χ3n) is 3.93. The Kier molecular flexibility index (Phi) is 8.20. The Morgan fingerprint density at radius 1 is 1.22 bits per heavy atom. The van der Waals surface area contributed by atoms with Crippen molar-refractivity contribution in [3.63, 3.8) is 0 Å². The molecule has 6 heteroatoms. The van der Waals surface area contributed by atoms with Gasteiger partial charge < -0.3 is 14.8 Å². The summed E-state index contributed by atoms with van der Waals surface area (Å²) in [5.41, 5.74) is 2.01. The zero-order valence-corrected chi connectivity index (χ0v) is 16.4. The first-order valence-electron chi connectivity index (χ1n) is 8.55. The molecule has 2 aromatic rings. The van der Waals surface area contributed by atoms with Gasteiger partial charge in [0.1, 0.15) is 5.82 Å². The van der Waals surface area contributed by atoms with E-state index in [1.165, 1.54) is 13.2 Å². The highest BCUT2D eigenvalue weighted by molar-refractivity contribution is 7.98. The van der Waals surface area contributed by atoms with E-state index in [1.54, 1.807) is 49.2 Å². The van der Waals surface area contributed by atoms with Gasteiger partial charge in [-0.25, -0.2) is 4.39 Å². The van der Waals surface area contributed by atoms with Crippen molar-refractivity contribution in [2.24, 2.45) is 0 Å². The zero-order chi connectivity index (χ0) is 19.6. The summed E-state index contributed by atoms with van der Waals surface area (Å²) in [7, 11) is 3.10. The maximum atomic E-state index is 13.6. The Hall–Kier alpha value is -2.47. The second kappa shape index (κ2) is 10.6. The van der Waals surface area contributed by atoms with Crippen LogP contribution in [-0.2, 0) is 12.2 Å². The first-order chi connectivity index (χ1) is 13.1. The fourth-order valence-electron chi connectivity index (χ4n) is 2.62. The highest BCUT2D eigenvalue weighted by atomic mass is 32.2. The maximum absolute atomic E-state index is 13.6. The number of carbonyl (C=O) groups excluding carboxylic acids is 1. The molecule has 0 heterocycles. The molecule has 4 nitrogen and oxygen atoms in total. The highest BCUT2D eigenvalue weighted by Crippen LogP contribution is 2.33. The summed E-state index contributed by atoms with van der Waals surface area (Å²) in [6.45, 7) is 4.23. The van der Waals surface area contributed by atoms with Crippen LogP contribution in [0, 0.1) is 5.82 Å². The summed E-state index contributed by atoms with van der Waals surface area (Å²) in [5.74, 6) is 1.99. The molecule has 0 atom stereocenters. The number of thioether (sulfide) groups is 1. The van der Waals surface area contributed by atoms with E-state index in [1.807, 2.05) is 6.07 Å². The molecule has 0 radical (unpaired) electrons. The van der Waals surface area contributed by atoms with Crippen LogP contribution in [-0.4, -0.2) is 32.4 Å². The third kappa shape index (κ3) is 5.76. The second-order valence-electron chi connectivity index (χ2n) is 5.76. The van der Waals surface area contributed by atoms with E-state index < -0.39 is 0 Å². The minimum Gasteiger partial charge on any atom is -0.493 e. The van der Waals surface area contributed by atoms with Gasteiger partial charge in [0, 0.05) is 29.2 Å². The van der Waals surface area contributed by atoms with Crippen LogP contribution in [0.15, 0.2) is 49.1 Å². The Labute approximate surface area is 163 Å². The molecule has 0 aliphatic carbocycles. The summed E-state index contributed by atoms with van der Waals surface area (Å²) >= 11 is 1.57. The van der Waals surface area contributed by atoms with E-state index in [9.17, 15) is 9.18 Å². The van der Waals surface area contributed by atoms with E-state index in [0.29, 0.717) is 47.1 Å². The van der Waals surface area contributed by atoms with Gasteiger partial charge in [-0.15, -0.1) is 6.58 Å². The quantitative estimate of drug-likeness (QED) is 0.488. The summed E-state index contributed by atoms with van der Waals surface area (Å²) in [6.07, 6.45) is 2.32. The summed E-state index contributed by atoms with van der Waals surface area (Å²) in [6, 6.07) is 10.2. The summed E-state index contributed by atoms with van der Waals surface area (Å²) in [4.78, 5) is 12.5. The number of nitrogens with one attached hydrogen (secondary N) is 1. The lowest BCUT2D eigenvalue weighted by molar-refractivity contribution is 0.0955. The van der Waals surface area contributed by atoms with Crippen molar-refractivity contribution in [2.75, 3.05) is 26.5 Å². The third-order valence-corrected chi connectivity index (χ3v) is 4.94. The zero-order valence-electron chi connectivity index (χ0n) is 15.6. The standard InChI is InChI=1S/C21H24FNO3S/c1-4-7-15-12-17(13-19(25-2)20(15)26-3)21(24)23-10-11-27-14-16-8-5-6-9-18(16)22/h4-6,8-9,12-13H,1,7,10-11,14H2,2-3H3,(H,23,24). The number of methoxy groups -OCH3 is 2. The second-order valence-corrected chi connectivity index (χ2v) is 6.87. The molecule has 2 aromatic carbocycles. The van der Waals surface area contributed by atoms with E-state index in [-0.39, 0.29) is 11.7 Å². The van der Waals surface area contributed by atoms with Crippen molar-refractivity contribution in [3.8, 4) is 11.5 Å². The number of amides is 1. The molecule has 0 aromatic heterocycles. The van der Waals surface area contributed by atoms with E-state index >= 15 is 0 Å². The smallest absolute Gasteiger partial charge is 0.251 e. The van der Waals surface area contributed by atoms with Gasteiger partial charge in [0.15, 0.2) is 11.5 Å². The molecule has 0 aliphatic heterocycles. The normalized spacial score (nSPS) is 10.3. The van der Waals surface area contributed by atoms with Gasteiger partial charge >= 0.3 is 0 Å². The largest absolute Gasteiger partial charge is 0.493 e. The SMILES string of the molecule is C=CCc1cc(C(=O)NCCSCc2ccccc2F)cc(OC)c1OC. The van der Waals surface area contributed by atoms with Crippen molar-refractivity contribution in [1.29, 1.82) is 0 Å². The van der Waals surface area contributed by atoms with Crippen molar-refractivity contribution in [3.05, 3.63) is 71.6 Å². The lowest BCUT2D eigenvalue weighted by atomic mass is 10.0. The molecule has 2 rings (SSSR count). The van der Waals surface area contributed by atoms with Gasteiger partial charge in [0.2, 0.25) is 0 Å². The van der Waals surface area contributed by atoms with E-state index in [0.717, 1.165) is 5.56 Å². The van der Waals surface area contributed by atoms with Crippen LogP contribution in [0.1, 0.15) is 21.5 Å². The number of hydrogen-bond donors (Lipinski definition) is 1. The lowest BCUT2D eigenvalue weighted by Gasteiger charge is -2.14. The lowest BCUT2D eigenvalue weighted by Crippen LogP contribution is -2.26. The van der Waals surface area contributed by atoms with Crippen LogP contribution < -0.4 is 14.8 Å². The predicted octanol–water partition coefficient (Wildman–Crippen LogP) is 4.23. The van der Waals surface area contributed by atoms with Crippen LogP contribution in [0.2, 0.25) is 0 Å². The van der Waals surface area contributed by atoms with Gasteiger partial charge in [-0.1, -0.05) is 24.3 Å². The first kappa shape index (κ1) is 20.8. The highest BCUT2D eigenvalue weighted by Gasteiger charge is 2.15. The van der Waals surface area contributed by atoms with Crippen molar-refractivity contribution in [1.82, 2.24) is 5.32 Å². The average Bonchev–Trinajstić information content (AvgIpc) is 2.68. The summed E-state index contributed by atoms with van der Waals surface area (Å²) < 4.78 is 24.3.